The number of nitrogens with one attached hydrogen (secondary N) is 1. The zero-order chi connectivity index (χ0) is 17.9. The van der Waals surface area contributed by atoms with Gasteiger partial charge >= 0.3 is 0 Å². The fourth-order valence-electron chi connectivity index (χ4n) is 2.72. The zero-order valence-electron chi connectivity index (χ0n) is 13.9. The maximum Gasteiger partial charge on any atom is 0.240 e. The van der Waals surface area contributed by atoms with E-state index in [1.165, 1.54) is 0 Å². The van der Waals surface area contributed by atoms with Crippen LogP contribution >= 0.6 is 0 Å². The first kappa shape index (κ1) is 17.7. The molecule has 0 saturated carbocycles. The summed E-state index contributed by atoms with van der Waals surface area (Å²) < 4.78 is 38.5. The fourth-order valence-corrected chi connectivity index (χ4v) is 3.99. The lowest BCUT2D eigenvalue weighted by Gasteiger charge is -2.18. The van der Waals surface area contributed by atoms with Gasteiger partial charge in [-0.2, -0.15) is 0 Å². The largest absolute Gasteiger partial charge is 0.454 e. The van der Waals surface area contributed by atoms with Gasteiger partial charge in [-0.25, -0.2) is 13.1 Å². The minimum atomic E-state index is -3.65. The van der Waals surface area contributed by atoms with E-state index in [0.29, 0.717) is 24.3 Å². The van der Waals surface area contributed by atoms with Crippen LogP contribution in [0.1, 0.15) is 17.5 Å². The number of aliphatic hydroxyl groups is 1. The molecule has 25 heavy (non-hydrogen) atoms. The molecule has 0 bridgehead atoms. The smallest absolute Gasteiger partial charge is 0.240 e. The maximum atomic E-state index is 12.6. The predicted octanol–water partition coefficient (Wildman–Crippen LogP) is 2.00. The third-order valence-corrected chi connectivity index (χ3v) is 5.59. The minimum Gasteiger partial charge on any atom is -0.454 e. The van der Waals surface area contributed by atoms with Crippen LogP contribution in [0.3, 0.4) is 0 Å². The first-order chi connectivity index (χ1) is 12.0. The summed E-state index contributed by atoms with van der Waals surface area (Å²) in [6, 6.07) is 11.8. The van der Waals surface area contributed by atoms with Gasteiger partial charge in [0.25, 0.3) is 0 Å². The highest BCUT2D eigenvalue weighted by molar-refractivity contribution is 7.89. The molecule has 3 rings (SSSR count). The molecule has 2 N–H and O–H groups in total. The van der Waals surface area contributed by atoms with Crippen molar-refractivity contribution in [2.75, 3.05) is 13.4 Å². The molecule has 0 fully saturated rings. The molecule has 6 nitrogen and oxygen atoms in total. The van der Waals surface area contributed by atoms with Gasteiger partial charge in [0, 0.05) is 12.6 Å². The Balaban J connectivity index is 1.75. The predicted molar refractivity (Wildman–Crippen MR) is 93.3 cm³/mol. The van der Waals surface area contributed by atoms with Gasteiger partial charge in [-0.3, -0.25) is 0 Å². The number of benzene rings is 2. The highest BCUT2D eigenvalue weighted by Crippen LogP contribution is 2.33. The van der Waals surface area contributed by atoms with Crippen LogP contribution in [0.25, 0.3) is 0 Å². The van der Waals surface area contributed by atoms with E-state index in [9.17, 15) is 13.5 Å². The van der Waals surface area contributed by atoms with Crippen molar-refractivity contribution in [1.29, 1.82) is 0 Å². The Morgan fingerprint density at radius 1 is 1.12 bits per heavy atom. The lowest BCUT2D eigenvalue weighted by Crippen LogP contribution is -2.37. The molecule has 0 spiro atoms. The molecule has 0 aliphatic carbocycles. The first-order valence-corrected chi connectivity index (χ1v) is 9.54. The summed E-state index contributed by atoms with van der Waals surface area (Å²) in [4.78, 5) is 0.215. The first-order valence-electron chi connectivity index (χ1n) is 8.06. The van der Waals surface area contributed by atoms with Gasteiger partial charge in [-0.15, -0.1) is 0 Å². The summed E-state index contributed by atoms with van der Waals surface area (Å²) >= 11 is 0. The summed E-state index contributed by atoms with van der Waals surface area (Å²) in [5.41, 5.74) is 1.90. The van der Waals surface area contributed by atoms with Crippen molar-refractivity contribution in [3.05, 3.63) is 53.6 Å². The number of aliphatic hydroxyl groups excluding tert-OH is 1. The zero-order valence-corrected chi connectivity index (χ0v) is 14.8. The lowest BCUT2D eigenvalue weighted by molar-refractivity contribution is 0.174. The number of fused-ring (bicyclic) bond motifs is 1. The molecule has 1 atom stereocenters. The summed E-state index contributed by atoms with van der Waals surface area (Å²) in [7, 11) is -3.65. The van der Waals surface area contributed by atoms with E-state index < -0.39 is 16.1 Å². The molecule has 1 aliphatic rings. The van der Waals surface area contributed by atoms with E-state index in [1.54, 1.807) is 24.3 Å². The van der Waals surface area contributed by atoms with Gasteiger partial charge in [0.05, 0.1) is 4.90 Å². The van der Waals surface area contributed by atoms with Crippen molar-refractivity contribution in [1.82, 2.24) is 4.72 Å². The topological polar surface area (TPSA) is 84.9 Å². The van der Waals surface area contributed by atoms with E-state index in [0.717, 1.165) is 11.1 Å². The van der Waals surface area contributed by atoms with Crippen molar-refractivity contribution < 1.29 is 23.0 Å². The Morgan fingerprint density at radius 3 is 2.56 bits per heavy atom. The van der Waals surface area contributed by atoms with Crippen molar-refractivity contribution in [3.8, 4) is 11.5 Å². The van der Waals surface area contributed by atoms with Gasteiger partial charge in [-0.05, 0) is 49.6 Å². The van der Waals surface area contributed by atoms with Crippen LogP contribution in [0.15, 0.2) is 47.4 Å². The van der Waals surface area contributed by atoms with E-state index in [2.05, 4.69) is 4.72 Å². The average Bonchev–Trinajstić information content (AvgIpc) is 3.03. The highest BCUT2D eigenvalue weighted by atomic mass is 32.2. The van der Waals surface area contributed by atoms with Gasteiger partial charge in [0.1, 0.15) is 0 Å². The van der Waals surface area contributed by atoms with Gasteiger partial charge in [0.2, 0.25) is 16.8 Å². The Bertz CT molecular complexity index is 833. The molecule has 0 unspecified atom stereocenters. The molecule has 0 amide bonds. The van der Waals surface area contributed by atoms with Gasteiger partial charge in [-0.1, -0.05) is 23.8 Å². The molecule has 1 aliphatic heterocycles. The van der Waals surface area contributed by atoms with Crippen LogP contribution in [0.5, 0.6) is 11.5 Å². The normalized spacial score (nSPS) is 14.5. The van der Waals surface area contributed by atoms with Gasteiger partial charge in [0.15, 0.2) is 11.5 Å². The molecule has 0 radical (unpaired) electrons. The van der Waals surface area contributed by atoms with Crippen LogP contribution in [-0.2, 0) is 16.4 Å². The van der Waals surface area contributed by atoms with Gasteiger partial charge < -0.3 is 14.6 Å². The summed E-state index contributed by atoms with van der Waals surface area (Å²) in [5.74, 6) is 1.34. The quantitative estimate of drug-likeness (QED) is 0.786. The van der Waals surface area contributed by atoms with Crippen molar-refractivity contribution in [3.63, 3.8) is 0 Å². The Kier molecular flexibility index (Phi) is 5.27. The van der Waals surface area contributed by atoms with Crippen molar-refractivity contribution in [2.24, 2.45) is 0 Å². The highest BCUT2D eigenvalue weighted by Gasteiger charge is 2.21. The SMILES string of the molecule is Cc1ccc(S(=O)(=O)N[C@H](CCO)Cc2ccc3c(c2)OCO3)cc1. The fraction of sp³-hybridized carbons (Fsp3) is 0.333. The Hall–Kier alpha value is -2.09. The Morgan fingerprint density at radius 2 is 1.84 bits per heavy atom. The third kappa shape index (κ3) is 4.31. The molecular formula is C18H21NO5S. The molecule has 134 valence electrons. The number of sulfonamides is 1. The number of aryl methyl sites for hydroxylation is 1. The summed E-state index contributed by atoms with van der Waals surface area (Å²) in [6.45, 7) is 1.99. The second-order valence-electron chi connectivity index (χ2n) is 6.04. The molecule has 1 heterocycles. The second-order valence-corrected chi connectivity index (χ2v) is 7.75. The third-order valence-electron chi connectivity index (χ3n) is 4.05. The lowest BCUT2D eigenvalue weighted by atomic mass is 10.0. The average molecular weight is 363 g/mol. The summed E-state index contributed by atoms with van der Waals surface area (Å²) in [5, 5.41) is 9.29. The molecule has 0 saturated heterocycles. The van der Waals surface area contributed by atoms with E-state index in [-0.39, 0.29) is 18.3 Å². The van der Waals surface area contributed by atoms with Crippen LogP contribution in [0.2, 0.25) is 0 Å². The molecule has 2 aromatic rings. The minimum absolute atomic E-state index is 0.106. The Labute approximate surface area is 147 Å². The van der Waals surface area contributed by atoms with Crippen LogP contribution in [0.4, 0.5) is 0 Å². The van der Waals surface area contributed by atoms with Crippen molar-refractivity contribution >= 4 is 10.0 Å². The van der Waals surface area contributed by atoms with E-state index >= 15 is 0 Å². The maximum absolute atomic E-state index is 12.6. The monoisotopic (exact) mass is 363 g/mol. The molecule has 0 aromatic heterocycles. The number of hydrogen-bond donors (Lipinski definition) is 2. The summed E-state index contributed by atoms with van der Waals surface area (Å²) in [6.07, 6.45) is 0.766. The number of hydrogen-bond acceptors (Lipinski definition) is 5. The van der Waals surface area contributed by atoms with Crippen LogP contribution in [0, 0.1) is 6.92 Å². The van der Waals surface area contributed by atoms with Crippen molar-refractivity contribution in [2.45, 2.75) is 30.7 Å². The number of ether oxygens (including phenoxy) is 2. The molecule has 7 heteroatoms. The molecular weight excluding hydrogens is 342 g/mol. The van der Waals surface area contributed by atoms with Crippen LogP contribution < -0.4 is 14.2 Å². The van der Waals surface area contributed by atoms with E-state index in [1.807, 2.05) is 25.1 Å². The second kappa shape index (κ2) is 7.43. The van der Waals surface area contributed by atoms with Crippen LogP contribution in [-0.4, -0.2) is 33.0 Å². The number of rotatable bonds is 7. The molecule has 2 aromatic carbocycles. The standard InChI is InChI=1S/C18H21NO5S/c1-13-2-5-16(6-3-13)25(21,22)19-15(8-9-20)10-14-4-7-17-18(11-14)24-12-23-17/h2-7,11,15,19-20H,8-10,12H2,1H3/t15-/m1/s1. The van der Waals surface area contributed by atoms with E-state index in [4.69, 9.17) is 9.47 Å².